The van der Waals surface area contributed by atoms with Crippen molar-refractivity contribution in [3.8, 4) is 0 Å². The number of aromatic nitrogens is 2. The minimum atomic E-state index is -0.469. The Hall–Kier alpha value is -1.56. The quantitative estimate of drug-likeness (QED) is 0.771. The number of nitrogens with zero attached hydrogens (tertiary/aromatic N) is 2. The van der Waals surface area contributed by atoms with Crippen LogP contribution in [0.2, 0.25) is 0 Å². The van der Waals surface area contributed by atoms with Gasteiger partial charge in [-0.15, -0.1) is 0 Å². The van der Waals surface area contributed by atoms with Crippen molar-refractivity contribution in [1.82, 2.24) is 20.4 Å². The fourth-order valence-electron chi connectivity index (χ4n) is 2.43. The number of alkyl carbamates (subject to hydrolysis) is 1. The van der Waals surface area contributed by atoms with E-state index in [1.54, 1.807) is 0 Å². The lowest BCUT2D eigenvalue weighted by molar-refractivity contribution is 0.0521. The van der Waals surface area contributed by atoms with E-state index in [2.05, 4.69) is 35.8 Å². The molecule has 6 nitrogen and oxygen atoms in total. The van der Waals surface area contributed by atoms with E-state index in [0.717, 1.165) is 31.5 Å². The molecule has 0 spiro atoms. The Morgan fingerprint density at radius 1 is 1.39 bits per heavy atom. The van der Waals surface area contributed by atoms with Crippen LogP contribution in [0.5, 0.6) is 0 Å². The highest BCUT2D eigenvalue weighted by Crippen LogP contribution is 2.09. The van der Waals surface area contributed by atoms with Gasteiger partial charge in [0.05, 0.1) is 5.69 Å². The highest BCUT2D eigenvalue weighted by Gasteiger charge is 2.17. The number of hydrogen-bond donors (Lipinski definition) is 2. The third-order valence-electron chi connectivity index (χ3n) is 3.44. The van der Waals surface area contributed by atoms with Crippen LogP contribution < -0.4 is 10.6 Å². The minimum Gasteiger partial charge on any atom is -0.444 e. The number of nitrogens with one attached hydrogen (secondary N) is 2. The van der Waals surface area contributed by atoms with Crippen LogP contribution in [0.25, 0.3) is 0 Å². The first-order chi connectivity index (χ1) is 10.7. The molecule has 1 rings (SSSR count). The lowest BCUT2D eigenvalue weighted by Crippen LogP contribution is -2.42. The summed E-state index contributed by atoms with van der Waals surface area (Å²) in [4.78, 5) is 11.8. The summed E-state index contributed by atoms with van der Waals surface area (Å²) < 4.78 is 7.13. The van der Waals surface area contributed by atoms with E-state index in [1.807, 2.05) is 32.5 Å². The summed E-state index contributed by atoms with van der Waals surface area (Å²) >= 11 is 0. The predicted molar refractivity (Wildman–Crippen MR) is 92.4 cm³/mol. The molecule has 23 heavy (non-hydrogen) atoms. The minimum absolute atomic E-state index is 0.220. The second-order valence-corrected chi connectivity index (χ2v) is 6.88. The van der Waals surface area contributed by atoms with Gasteiger partial charge in [-0.2, -0.15) is 5.10 Å². The zero-order valence-electron chi connectivity index (χ0n) is 15.4. The summed E-state index contributed by atoms with van der Waals surface area (Å²) in [5.74, 6) is 0. The molecule has 2 N–H and O–H groups in total. The number of amides is 1. The summed E-state index contributed by atoms with van der Waals surface area (Å²) in [6.45, 7) is 11.2. The van der Waals surface area contributed by atoms with Crippen LogP contribution in [-0.4, -0.2) is 34.1 Å². The molecule has 0 aliphatic rings. The average Bonchev–Trinajstić information content (AvgIpc) is 2.80. The molecule has 0 fully saturated rings. The monoisotopic (exact) mass is 324 g/mol. The first-order valence-corrected chi connectivity index (χ1v) is 8.46. The smallest absolute Gasteiger partial charge is 0.407 e. The number of hydrogen-bond acceptors (Lipinski definition) is 4. The lowest BCUT2D eigenvalue weighted by atomic mass is 10.1. The Labute approximate surface area is 140 Å². The summed E-state index contributed by atoms with van der Waals surface area (Å²) in [6.07, 6.45) is 4.66. The van der Waals surface area contributed by atoms with E-state index in [1.165, 1.54) is 5.56 Å². The molecule has 0 saturated carbocycles. The molecule has 1 aromatic heterocycles. The summed E-state index contributed by atoms with van der Waals surface area (Å²) in [5.41, 5.74) is 1.87. The Balaban J connectivity index is 2.50. The molecule has 0 radical (unpaired) electrons. The molecule has 0 saturated heterocycles. The van der Waals surface area contributed by atoms with E-state index < -0.39 is 5.60 Å². The van der Waals surface area contributed by atoms with Crippen LogP contribution in [-0.2, 0) is 24.8 Å². The fraction of sp³-hybridized carbons (Fsp3) is 0.765. The number of ether oxygens (including phenoxy) is 1. The van der Waals surface area contributed by atoms with Gasteiger partial charge < -0.3 is 15.4 Å². The molecule has 6 heteroatoms. The van der Waals surface area contributed by atoms with E-state index in [0.29, 0.717) is 6.54 Å². The van der Waals surface area contributed by atoms with E-state index in [9.17, 15) is 4.79 Å². The van der Waals surface area contributed by atoms with Crippen LogP contribution in [0, 0.1) is 0 Å². The normalized spacial score (nSPS) is 13.0. The molecule has 0 bridgehead atoms. The molecule has 0 aliphatic heterocycles. The SMILES string of the molecule is CCCC(CNC(=O)OC(C)(C)C)NCc1cn(C)nc1CC. The van der Waals surface area contributed by atoms with E-state index in [4.69, 9.17) is 4.74 Å². The highest BCUT2D eigenvalue weighted by molar-refractivity contribution is 5.67. The second kappa shape index (κ2) is 8.91. The average molecular weight is 324 g/mol. The van der Waals surface area contributed by atoms with Crippen molar-refractivity contribution in [1.29, 1.82) is 0 Å². The molecular weight excluding hydrogens is 292 g/mol. The van der Waals surface area contributed by atoms with Crippen LogP contribution in [0.4, 0.5) is 4.79 Å². The molecule has 1 amide bonds. The van der Waals surface area contributed by atoms with Crippen molar-refractivity contribution >= 4 is 6.09 Å². The van der Waals surface area contributed by atoms with Gasteiger partial charge in [0.25, 0.3) is 0 Å². The zero-order valence-corrected chi connectivity index (χ0v) is 15.4. The van der Waals surface area contributed by atoms with Crippen LogP contribution in [0.3, 0.4) is 0 Å². The lowest BCUT2D eigenvalue weighted by Gasteiger charge is -2.22. The summed E-state index contributed by atoms with van der Waals surface area (Å²) in [6, 6.07) is 0.220. The fourth-order valence-corrected chi connectivity index (χ4v) is 2.43. The number of carbonyl (C=O) groups is 1. The molecule has 1 heterocycles. The van der Waals surface area contributed by atoms with Crippen molar-refractivity contribution in [2.75, 3.05) is 6.54 Å². The maximum absolute atomic E-state index is 11.8. The molecule has 0 aromatic carbocycles. The summed E-state index contributed by atoms with van der Waals surface area (Å²) in [7, 11) is 1.94. The second-order valence-electron chi connectivity index (χ2n) is 6.88. The van der Waals surface area contributed by atoms with Crippen molar-refractivity contribution < 1.29 is 9.53 Å². The number of carbonyl (C=O) groups excluding carboxylic acids is 1. The third-order valence-corrected chi connectivity index (χ3v) is 3.44. The highest BCUT2D eigenvalue weighted by atomic mass is 16.6. The standard InChI is InChI=1S/C17H32N4O2/c1-7-9-14(11-19-16(22)23-17(3,4)5)18-10-13-12-21(6)20-15(13)8-2/h12,14,18H,7-11H2,1-6H3,(H,19,22). The van der Waals surface area contributed by atoms with Crippen LogP contribution in [0.1, 0.15) is 58.7 Å². The van der Waals surface area contributed by atoms with Crippen molar-refractivity contribution in [3.63, 3.8) is 0 Å². The Morgan fingerprint density at radius 2 is 2.09 bits per heavy atom. The Bertz CT molecular complexity index is 491. The van der Waals surface area contributed by atoms with Gasteiger partial charge in [-0.05, 0) is 33.6 Å². The van der Waals surface area contributed by atoms with Crippen LogP contribution >= 0.6 is 0 Å². The zero-order chi connectivity index (χ0) is 17.5. The van der Waals surface area contributed by atoms with Gasteiger partial charge in [-0.1, -0.05) is 20.3 Å². The maximum atomic E-state index is 11.8. The molecule has 1 aromatic rings. The van der Waals surface area contributed by atoms with Gasteiger partial charge in [-0.3, -0.25) is 4.68 Å². The Kier molecular flexibility index (Phi) is 7.55. The van der Waals surface area contributed by atoms with Gasteiger partial charge in [0.1, 0.15) is 5.60 Å². The molecule has 0 aliphatic carbocycles. The van der Waals surface area contributed by atoms with E-state index >= 15 is 0 Å². The Morgan fingerprint density at radius 3 is 2.65 bits per heavy atom. The van der Waals surface area contributed by atoms with E-state index in [-0.39, 0.29) is 12.1 Å². The predicted octanol–water partition coefficient (Wildman–Crippen LogP) is 2.77. The van der Waals surface area contributed by atoms with Crippen molar-refractivity contribution in [2.24, 2.45) is 7.05 Å². The number of aryl methyl sites for hydroxylation is 2. The van der Waals surface area contributed by atoms with Crippen molar-refractivity contribution in [2.45, 2.75) is 72.1 Å². The van der Waals surface area contributed by atoms with Crippen LogP contribution in [0.15, 0.2) is 6.20 Å². The molecule has 132 valence electrons. The summed E-state index contributed by atoms with van der Waals surface area (Å²) in [5, 5.41) is 10.8. The molecular formula is C17H32N4O2. The largest absolute Gasteiger partial charge is 0.444 e. The van der Waals surface area contributed by atoms with Gasteiger partial charge in [0, 0.05) is 37.9 Å². The maximum Gasteiger partial charge on any atom is 0.407 e. The molecule has 1 unspecified atom stereocenters. The van der Waals surface area contributed by atoms with Gasteiger partial charge in [0.15, 0.2) is 0 Å². The van der Waals surface area contributed by atoms with Gasteiger partial charge >= 0.3 is 6.09 Å². The van der Waals surface area contributed by atoms with Gasteiger partial charge in [0.2, 0.25) is 0 Å². The van der Waals surface area contributed by atoms with Crippen molar-refractivity contribution in [3.05, 3.63) is 17.5 Å². The third kappa shape index (κ3) is 7.50. The topological polar surface area (TPSA) is 68.2 Å². The molecule has 1 atom stereocenters. The van der Waals surface area contributed by atoms with Gasteiger partial charge in [-0.25, -0.2) is 4.79 Å². The number of rotatable bonds is 8. The first kappa shape index (κ1) is 19.5. The first-order valence-electron chi connectivity index (χ1n) is 8.46.